The van der Waals surface area contributed by atoms with Gasteiger partial charge in [0, 0.05) is 31.8 Å². The second kappa shape index (κ2) is 9.67. The molecule has 1 aromatic carbocycles. The van der Waals surface area contributed by atoms with Gasteiger partial charge in [-0.15, -0.1) is 0 Å². The average Bonchev–Trinajstić information content (AvgIpc) is 3.54. The number of fused-ring (bicyclic) bond motifs is 1. The Balaban J connectivity index is 1.55. The van der Waals surface area contributed by atoms with Gasteiger partial charge in [0.2, 0.25) is 0 Å². The molecule has 3 aromatic heterocycles. The molecule has 0 amide bonds. The van der Waals surface area contributed by atoms with Gasteiger partial charge in [0.05, 0.1) is 41.0 Å². The number of nitrogens with zero attached hydrogens (tertiary/aromatic N) is 6. The number of hydrogen-bond acceptors (Lipinski definition) is 9. The van der Waals surface area contributed by atoms with Crippen molar-refractivity contribution in [3.05, 3.63) is 59.0 Å². The molecular weight excluding hydrogens is 465 g/mol. The number of aromatic nitrogens is 5. The summed E-state index contributed by atoms with van der Waals surface area (Å²) in [6, 6.07) is 6.27. The van der Waals surface area contributed by atoms with Gasteiger partial charge in [-0.2, -0.15) is 5.10 Å². The van der Waals surface area contributed by atoms with E-state index in [9.17, 15) is 5.11 Å². The molecule has 1 aliphatic rings. The number of likely N-dealkylation sites (N-methyl/N-ethyl adjacent to an activating group) is 1. The zero-order valence-electron chi connectivity index (χ0n) is 20.6. The summed E-state index contributed by atoms with van der Waals surface area (Å²) < 4.78 is 28.0. The minimum Gasteiger partial charge on any atom is -0.491 e. The number of halogens is 1. The first-order valence-electron chi connectivity index (χ1n) is 11.7. The third-order valence-corrected chi connectivity index (χ3v) is 6.24. The first-order valence-corrected chi connectivity index (χ1v) is 11.7. The van der Waals surface area contributed by atoms with Gasteiger partial charge >= 0.3 is 0 Å². The first kappa shape index (κ1) is 23.9. The van der Waals surface area contributed by atoms with Crippen molar-refractivity contribution in [3.8, 4) is 28.4 Å². The van der Waals surface area contributed by atoms with Crippen LogP contribution in [0.3, 0.4) is 0 Å². The molecule has 1 atom stereocenters. The molecule has 0 unspecified atom stereocenters. The largest absolute Gasteiger partial charge is 0.491 e. The minimum atomic E-state index is -0.694. The van der Waals surface area contributed by atoms with Crippen molar-refractivity contribution in [3.63, 3.8) is 0 Å². The SMILES string of the molecule is CNC[C@@H](O)COc1ccc(F)c(-c2nc(-c3c(C)noc3C)cc(N3Cc4cnn(C)c4C3)n2)c1. The second-order valence-corrected chi connectivity index (χ2v) is 8.89. The number of ether oxygens (including phenoxy) is 1. The molecule has 0 radical (unpaired) electrons. The van der Waals surface area contributed by atoms with Gasteiger partial charge in [0.15, 0.2) is 5.82 Å². The summed E-state index contributed by atoms with van der Waals surface area (Å²) in [4.78, 5) is 11.6. The van der Waals surface area contributed by atoms with Gasteiger partial charge in [-0.05, 0) is 39.1 Å². The summed E-state index contributed by atoms with van der Waals surface area (Å²) in [5.41, 5.74) is 4.46. The fourth-order valence-corrected chi connectivity index (χ4v) is 4.39. The molecule has 0 saturated carbocycles. The van der Waals surface area contributed by atoms with Gasteiger partial charge in [-0.25, -0.2) is 14.4 Å². The van der Waals surface area contributed by atoms with E-state index in [1.165, 1.54) is 12.1 Å². The molecule has 10 nitrogen and oxygen atoms in total. The molecule has 5 rings (SSSR count). The third kappa shape index (κ3) is 4.54. The van der Waals surface area contributed by atoms with Crippen molar-refractivity contribution in [2.24, 2.45) is 7.05 Å². The van der Waals surface area contributed by atoms with E-state index in [2.05, 4.69) is 20.5 Å². The summed E-state index contributed by atoms with van der Waals surface area (Å²) in [6.45, 7) is 5.37. The summed E-state index contributed by atoms with van der Waals surface area (Å²) in [7, 11) is 3.66. The Morgan fingerprint density at radius 1 is 1.22 bits per heavy atom. The van der Waals surface area contributed by atoms with Crippen LogP contribution in [0.1, 0.15) is 22.7 Å². The Bertz CT molecular complexity index is 1380. The van der Waals surface area contributed by atoms with Crippen molar-refractivity contribution in [1.82, 2.24) is 30.2 Å². The molecule has 1 aliphatic heterocycles. The quantitative estimate of drug-likeness (QED) is 0.382. The molecule has 188 valence electrons. The molecule has 0 aliphatic carbocycles. The van der Waals surface area contributed by atoms with E-state index in [1.54, 1.807) is 13.1 Å². The van der Waals surface area contributed by atoms with Crippen LogP contribution in [0.15, 0.2) is 35.0 Å². The molecular formula is C25H28FN7O3. The van der Waals surface area contributed by atoms with Gasteiger partial charge in [-0.3, -0.25) is 4.68 Å². The standard InChI is InChI=1S/C25H28FN7O3/c1-14-24(15(2)36-31-14)21-8-23(33-11-16-9-28-32(4)22(16)12-33)30-25(29-21)19-7-18(5-6-20(19)26)35-13-17(34)10-27-3/h5-9,17,27,34H,10-13H2,1-4H3/t17-/m1/s1. The van der Waals surface area contributed by atoms with Gasteiger partial charge in [0.25, 0.3) is 0 Å². The van der Waals surface area contributed by atoms with E-state index in [-0.39, 0.29) is 18.0 Å². The normalized spacial score (nSPS) is 13.8. The Kier molecular flexibility index (Phi) is 6.42. The smallest absolute Gasteiger partial charge is 0.165 e. The molecule has 2 N–H and O–H groups in total. The van der Waals surface area contributed by atoms with E-state index < -0.39 is 11.9 Å². The number of anilines is 1. The average molecular weight is 494 g/mol. The van der Waals surface area contributed by atoms with Crippen molar-refractivity contribution in [1.29, 1.82) is 0 Å². The van der Waals surface area contributed by atoms with Crippen LogP contribution < -0.4 is 15.0 Å². The van der Waals surface area contributed by atoms with Crippen LogP contribution in [0.25, 0.3) is 22.6 Å². The van der Waals surface area contributed by atoms with E-state index in [0.29, 0.717) is 48.3 Å². The van der Waals surface area contributed by atoms with Crippen LogP contribution in [-0.2, 0) is 20.1 Å². The number of rotatable bonds is 8. The zero-order valence-corrected chi connectivity index (χ0v) is 20.6. The lowest BCUT2D eigenvalue weighted by atomic mass is 10.1. The van der Waals surface area contributed by atoms with Crippen molar-refractivity contribution in [2.75, 3.05) is 25.1 Å². The van der Waals surface area contributed by atoms with E-state index in [1.807, 2.05) is 37.8 Å². The maximum Gasteiger partial charge on any atom is 0.165 e. The van der Waals surface area contributed by atoms with Gasteiger partial charge in [-0.1, -0.05) is 5.16 Å². The van der Waals surface area contributed by atoms with E-state index >= 15 is 4.39 Å². The Hall–Kier alpha value is -3.83. The number of aryl methyl sites for hydroxylation is 3. The number of hydrogen-bond donors (Lipinski definition) is 2. The maximum atomic E-state index is 15.1. The van der Waals surface area contributed by atoms with Gasteiger partial charge < -0.3 is 24.6 Å². The number of aliphatic hydroxyl groups is 1. The fraction of sp³-hybridized carbons (Fsp3) is 0.360. The van der Waals surface area contributed by atoms with Crippen LogP contribution in [0.4, 0.5) is 10.2 Å². The van der Waals surface area contributed by atoms with Crippen LogP contribution in [-0.4, -0.2) is 56.3 Å². The highest BCUT2D eigenvalue weighted by molar-refractivity contribution is 5.71. The lowest BCUT2D eigenvalue weighted by molar-refractivity contribution is 0.108. The predicted molar refractivity (Wildman–Crippen MR) is 131 cm³/mol. The molecule has 36 heavy (non-hydrogen) atoms. The molecule has 4 aromatic rings. The Labute approximate surface area is 207 Å². The molecule has 0 spiro atoms. The van der Waals surface area contributed by atoms with Crippen LogP contribution in [0, 0.1) is 19.7 Å². The maximum absolute atomic E-state index is 15.1. The van der Waals surface area contributed by atoms with E-state index in [0.717, 1.165) is 16.8 Å². The number of aliphatic hydroxyl groups excluding tert-OH is 1. The molecule has 11 heteroatoms. The predicted octanol–water partition coefficient (Wildman–Crippen LogP) is 2.77. The van der Waals surface area contributed by atoms with Gasteiger partial charge in [0.1, 0.15) is 35.9 Å². The monoisotopic (exact) mass is 493 g/mol. The van der Waals surface area contributed by atoms with Crippen LogP contribution >= 0.6 is 0 Å². The zero-order chi connectivity index (χ0) is 25.4. The van der Waals surface area contributed by atoms with Crippen molar-refractivity contribution < 1.29 is 18.8 Å². The minimum absolute atomic E-state index is 0.0667. The second-order valence-electron chi connectivity index (χ2n) is 8.89. The lowest BCUT2D eigenvalue weighted by Crippen LogP contribution is -2.29. The van der Waals surface area contributed by atoms with Crippen molar-refractivity contribution >= 4 is 5.82 Å². The highest BCUT2D eigenvalue weighted by Gasteiger charge is 2.26. The van der Waals surface area contributed by atoms with Crippen LogP contribution in [0.5, 0.6) is 5.75 Å². The molecule has 0 saturated heterocycles. The number of nitrogens with one attached hydrogen (secondary N) is 1. The van der Waals surface area contributed by atoms with E-state index in [4.69, 9.17) is 19.2 Å². The van der Waals surface area contributed by atoms with Crippen molar-refractivity contribution in [2.45, 2.75) is 33.0 Å². The summed E-state index contributed by atoms with van der Waals surface area (Å²) in [5, 5.41) is 21.2. The lowest BCUT2D eigenvalue weighted by Gasteiger charge is -2.19. The first-order chi connectivity index (χ1) is 17.3. The highest BCUT2D eigenvalue weighted by atomic mass is 19.1. The summed E-state index contributed by atoms with van der Waals surface area (Å²) in [6.07, 6.45) is 1.16. The summed E-state index contributed by atoms with van der Waals surface area (Å²) in [5.74, 6) is 1.42. The Morgan fingerprint density at radius 3 is 2.78 bits per heavy atom. The highest BCUT2D eigenvalue weighted by Crippen LogP contribution is 2.34. The Morgan fingerprint density at radius 2 is 2.06 bits per heavy atom. The van der Waals surface area contributed by atoms with Crippen LogP contribution in [0.2, 0.25) is 0 Å². The molecule has 0 fully saturated rings. The molecule has 4 heterocycles. The number of benzene rings is 1. The molecule has 0 bridgehead atoms. The fourth-order valence-electron chi connectivity index (χ4n) is 4.39. The third-order valence-electron chi connectivity index (χ3n) is 6.24. The summed E-state index contributed by atoms with van der Waals surface area (Å²) >= 11 is 0. The topological polar surface area (TPSA) is 114 Å².